The summed E-state index contributed by atoms with van der Waals surface area (Å²) in [7, 11) is 0. The number of carboxylic acids is 1. The maximum Gasteiger partial charge on any atom is 0.365 e. The van der Waals surface area contributed by atoms with E-state index in [-0.39, 0.29) is 11.0 Å². The molecule has 0 bridgehead atoms. The van der Waals surface area contributed by atoms with E-state index >= 15 is 0 Å². The van der Waals surface area contributed by atoms with Gasteiger partial charge in [0.15, 0.2) is 0 Å². The summed E-state index contributed by atoms with van der Waals surface area (Å²) in [5.41, 5.74) is 0.936. The fourth-order valence-corrected chi connectivity index (χ4v) is 2.98. The predicted molar refractivity (Wildman–Crippen MR) is 71.4 cm³/mol. The van der Waals surface area contributed by atoms with E-state index in [1.807, 2.05) is 20.8 Å². The van der Waals surface area contributed by atoms with Crippen molar-refractivity contribution in [1.82, 2.24) is 9.88 Å². The maximum atomic E-state index is 10.9. The summed E-state index contributed by atoms with van der Waals surface area (Å²) in [6.45, 7) is 7.69. The van der Waals surface area contributed by atoms with Gasteiger partial charge in [0, 0.05) is 23.9 Å². The molecule has 0 saturated heterocycles. The highest BCUT2D eigenvalue weighted by Gasteiger charge is 2.23. The smallest absolute Gasteiger partial charge is 0.365 e. The minimum absolute atomic E-state index is 0.195. The Bertz CT molecular complexity index is 494. The van der Waals surface area contributed by atoms with Gasteiger partial charge in [-0.3, -0.25) is 4.99 Å². The third-order valence-electron chi connectivity index (χ3n) is 2.82. The Labute approximate surface area is 110 Å². The van der Waals surface area contributed by atoms with Gasteiger partial charge >= 0.3 is 5.97 Å². The van der Waals surface area contributed by atoms with Gasteiger partial charge in [-0.1, -0.05) is 0 Å². The molecule has 18 heavy (non-hydrogen) atoms. The van der Waals surface area contributed by atoms with Crippen LogP contribution in [0.4, 0.5) is 0 Å². The van der Waals surface area contributed by atoms with E-state index in [4.69, 9.17) is 5.11 Å². The molecule has 5 nitrogen and oxygen atoms in total. The summed E-state index contributed by atoms with van der Waals surface area (Å²) in [5, 5.41) is 9.13. The van der Waals surface area contributed by atoms with Crippen LogP contribution < -0.4 is 0 Å². The second-order valence-corrected chi connectivity index (χ2v) is 5.72. The zero-order valence-corrected chi connectivity index (χ0v) is 11.6. The van der Waals surface area contributed by atoms with Crippen molar-refractivity contribution in [2.75, 3.05) is 6.54 Å². The molecule has 1 aromatic rings. The summed E-state index contributed by atoms with van der Waals surface area (Å²) >= 11 is 1.28. The number of carbonyl (C=O) groups is 1. The standard InChI is InChI=1S/C12H17N3O2S/c1-7(2)13-8(3)15-5-4-9-10(6-15)18-11(14-9)12(16)17/h7H,4-6H2,1-3H3,(H,16,17)/b13-8+. The van der Waals surface area contributed by atoms with Gasteiger partial charge in [-0.25, -0.2) is 9.78 Å². The van der Waals surface area contributed by atoms with E-state index in [9.17, 15) is 4.79 Å². The van der Waals surface area contributed by atoms with E-state index in [2.05, 4.69) is 14.9 Å². The van der Waals surface area contributed by atoms with Gasteiger partial charge in [0.05, 0.1) is 18.1 Å². The van der Waals surface area contributed by atoms with E-state index < -0.39 is 5.97 Å². The number of rotatable bonds is 2. The van der Waals surface area contributed by atoms with Crippen LogP contribution in [0.15, 0.2) is 4.99 Å². The number of aromatic carboxylic acids is 1. The van der Waals surface area contributed by atoms with Crippen LogP contribution in [0.25, 0.3) is 0 Å². The van der Waals surface area contributed by atoms with Crippen LogP contribution in [0.3, 0.4) is 0 Å². The number of aliphatic imine (C=N–C) groups is 1. The van der Waals surface area contributed by atoms with Gasteiger partial charge in [-0.2, -0.15) is 0 Å². The fourth-order valence-electron chi connectivity index (χ4n) is 2.02. The summed E-state index contributed by atoms with van der Waals surface area (Å²) in [6, 6.07) is 0.280. The lowest BCUT2D eigenvalue weighted by Crippen LogP contribution is -2.34. The molecule has 0 aromatic carbocycles. The molecular weight excluding hydrogens is 250 g/mol. The molecule has 98 valence electrons. The molecule has 6 heteroatoms. The van der Waals surface area contributed by atoms with Gasteiger partial charge < -0.3 is 10.0 Å². The Morgan fingerprint density at radius 3 is 2.89 bits per heavy atom. The van der Waals surface area contributed by atoms with Crippen molar-refractivity contribution >= 4 is 23.1 Å². The number of hydrogen-bond donors (Lipinski definition) is 1. The minimum Gasteiger partial charge on any atom is -0.476 e. The molecule has 0 fully saturated rings. The molecule has 0 amide bonds. The average molecular weight is 267 g/mol. The molecular formula is C12H17N3O2S. The number of amidine groups is 1. The quantitative estimate of drug-likeness (QED) is 0.657. The first-order valence-electron chi connectivity index (χ1n) is 5.98. The topological polar surface area (TPSA) is 65.8 Å². The number of thiazole rings is 1. The molecule has 0 atom stereocenters. The zero-order chi connectivity index (χ0) is 13.3. The Morgan fingerprint density at radius 1 is 1.56 bits per heavy atom. The second kappa shape index (κ2) is 5.06. The molecule has 2 heterocycles. The van der Waals surface area contributed by atoms with Crippen LogP contribution in [0.1, 0.15) is 41.1 Å². The third-order valence-corrected chi connectivity index (χ3v) is 3.89. The minimum atomic E-state index is -0.937. The first kappa shape index (κ1) is 13.0. The number of fused-ring (bicyclic) bond motifs is 1. The Hall–Kier alpha value is -1.43. The molecule has 1 aliphatic rings. The second-order valence-electron chi connectivity index (χ2n) is 4.64. The van der Waals surface area contributed by atoms with Gasteiger partial charge in [-0.15, -0.1) is 11.3 Å². The molecule has 0 radical (unpaired) electrons. The Kier molecular flexibility index (Phi) is 3.65. The Morgan fingerprint density at radius 2 is 2.28 bits per heavy atom. The van der Waals surface area contributed by atoms with Crippen LogP contribution in [-0.4, -0.2) is 39.4 Å². The first-order valence-corrected chi connectivity index (χ1v) is 6.80. The van der Waals surface area contributed by atoms with E-state index in [1.165, 1.54) is 11.3 Å². The number of carboxylic acid groups (broad SMARTS) is 1. The van der Waals surface area contributed by atoms with Crippen molar-refractivity contribution in [1.29, 1.82) is 0 Å². The molecule has 0 aliphatic carbocycles. The molecule has 2 rings (SSSR count). The SMILES string of the molecule is C/C(=N\C(C)C)N1CCc2nc(C(=O)O)sc2C1. The zero-order valence-electron chi connectivity index (χ0n) is 10.8. The Balaban J connectivity index is 2.17. The molecule has 1 N–H and O–H groups in total. The van der Waals surface area contributed by atoms with Gasteiger partial charge in [0.2, 0.25) is 5.01 Å². The highest BCUT2D eigenvalue weighted by Crippen LogP contribution is 2.25. The van der Waals surface area contributed by atoms with Crippen molar-refractivity contribution in [2.24, 2.45) is 4.99 Å². The van der Waals surface area contributed by atoms with Crippen molar-refractivity contribution in [3.8, 4) is 0 Å². The van der Waals surface area contributed by atoms with Crippen molar-refractivity contribution < 1.29 is 9.90 Å². The summed E-state index contributed by atoms with van der Waals surface area (Å²) in [5.74, 6) is 0.0782. The largest absolute Gasteiger partial charge is 0.476 e. The maximum absolute atomic E-state index is 10.9. The highest BCUT2D eigenvalue weighted by atomic mass is 32.1. The molecule has 0 saturated carbocycles. The van der Waals surface area contributed by atoms with Crippen LogP contribution in [-0.2, 0) is 13.0 Å². The van der Waals surface area contributed by atoms with Crippen LogP contribution in [0, 0.1) is 0 Å². The molecule has 1 aliphatic heterocycles. The summed E-state index contributed by atoms with van der Waals surface area (Å²) < 4.78 is 0. The lowest BCUT2D eigenvalue weighted by molar-refractivity contribution is 0.0696. The highest BCUT2D eigenvalue weighted by molar-refractivity contribution is 7.13. The third kappa shape index (κ3) is 2.69. The van der Waals surface area contributed by atoms with Crippen LogP contribution >= 0.6 is 11.3 Å². The van der Waals surface area contributed by atoms with E-state index in [0.29, 0.717) is 0 Å². The monoisotopic (exact) mass is 267 g/mol. The molecule has 0 unspecified atom stereocenters. The fraction of sp³-hybridized carbons (Fsp3) is 0.583. The average Bonchev–Trinajstić information content (AvgIpc) is 2.70. The van der Waals surface area contributed by atoms with Gasteiger partial charge in [0.1, 0.15) is 0 Å². The lowest BCUT2D eigenvalue weighted by atomic mass is 10.2. The number of nitrogens with zero attached hydrogens (tertiary/aromatic N) is 3. The van der Waals surface area contributed by atoms with Gasteiger partial charge in [0.25, 0.3) is 0 Å². The van der Waals surface area contributed by atoms with Crippen LogP contribution in [0.5, 0.6) is 0 Å². The van der Waals surface area contributed by atoms with Crippen molar-refractivity contribution in [3.05, 3.63) is 15.6 Å². The normalized spacial score (nSPS) is 16.0. The first-order chi connectivity index (χ1) is 8.47. The number of hydrogen-bond acceptors (Lipinski definition) is 4. The summed E-state index contributed by atoms with van der Waals surface area (Å²) in [6.07, 6.45) is 0.796. The van der Waals surface area contributed by atoms with Gasteiger partial charge in [-0.05, 0) is 20.8 Å². The van der Waals surface area contributed by atoms with E-state index in [0.717, 1.165) is 35.9 Å². The van der Waals surface area contributed by atoms with Crippen molar-refractivity contribution in [2.45, 2.75) is 39.8 Å². The lowest BCUT2D eigenvalue weighted by Gasteiger charge is -2.28. The summed E-state index contributed by atoms with van der Waals surface area (Å²) in [4.78, 5) is 22.8. The molecule has 0 spiro atoms. The van der Waals surface area contributed by atoms with Crippen LogP contribution in [0.2, 0.25) is 0 Å². The number of aromatic nitrogens is 1. The molecule has 1 aromatic heterocycles. The van der Waals surface area contributed by atoms with E-state index in [1.54, 1.807) is 0 Å². The predicted octanol–water partition coefficient (Wildman–Crippen LogP) is 2.03. The van der Waals surface area contributed by atoms with Crippen molar-refractivity contribution in [3.63, 3.8) is 0 Å².